The number of thioether (sulfide) groups is 1. The third kappa shape index (κ3) is 5.40. The number of sulfonamides is 1. The van der Waals surface area contributed by atoms with Gasteiger partial charge in [-0.15, -0.1) is 0 Å². The Morgan fingerprint density at radius 1 is 1.17 bits per heavy atom. The summed E-state index contributed by atoms with van der Waals surface area (Å²) in [6.45, 7) is 2.15. The normalized spacial score (nSPS) is 15.3. The summed E-state index contributed by atoms with van der Waals surface area (Å²) >= 11 is 1.54. The molecule has 0 unspecified atom stereocenters. The van der Waals surface area contributed by atoms with Crippen LogP contribution in [-0.4, -0.2) is 75.1 Å². The van der Waals surface area contributed by atoms with Crippen molar-refractivity contribution < 1.29 is 22.4 Å². The molecule has 36 heavy (non-hydrogen) atoms. The van der Waals surface area contributed by atoms with E-state index in [0.717, 1.165) is 11.4 Å². The van der Waals surface area contributed by atoms with E-state index in [2.05, 4.69) is 9.62 Å². The van der Waals surface area contributed by atoms with Crippen molar-refractivity contribution in [1.29, 1.82) is 0 Å². The maximum absolute atomic E-state index is 13.4. The Morgan fingerprint density at radius 3 is 2.58 bits per heavy atom. The molecule has 4 rings (SSSR count). The van der Waals surface area contributed by atoms with Crippen LogP contribution in [-0.2, 0) is 21.9 Å². The highest BCUT2D eigenvalue weighted by Crippen LogP contribution is 2.28. The number of hydrogen-bond acceptors (Lipinski definition) is 8. The highest BCUT2D eigenvalue weighted by molar-refractivity contribution is 7.98. The maximum atomic E-state index is 13.4. The van der Waals surface area contributed by atoms with E-state index in [1.807, 2.05) is 30.5 Å². The van der Waals surface area contributed by atoms with E-state index in [1.165, 1.54) is 22.8 Å². The van der Waals surface area contributed by atoms with Gasteiger partial charge in [0, 0.05) is 39.3 Å². The molecule has 1 saturated heterocycles. The van der Waals surface area contributed by atoms with Crippen molar-refractivity contribution in [3.05, 3.63) is 53.0 Å². The summed E-state index contributed by atoms with van der Waals surface area (Å²) in [5, 5.41) is 0. The number of anilines is 1. The van der Waals surface area contributed by atoms with Crippen molar-refractivity contribution in [1.82, 2.24) is 14.2 Å². The van der Waals surface area contributed by atoms with Crippen LogP contribution in [0.2, 0.25) is 0 Å². The summed E-state index contributed by atoms with van der Waals surface area (Å²) in [6.07, 6.45) is 2.27. The van der Waals surface area contributed by atoms with Gasteiger partial charge in [-0.25, -0.2) is 13.2 Å². The number of nitrogens with zero attached hydrogens (tertiary/aromatic N) is 3. The zero-order chi connectivity index (χ0) is 25.9. The number of benzene rings is 2. The number of amides is 1. The Bertz CT molecular complexity index is 1390. The lowest BCUT2D eigenvalue weighted by atomic mass is 10.1. The van der Waals surface area contributed by atoms with Gasteiger partial charge in [0.25, 0.3) is 0 Å². The van der Waals surface area contributed by atoms with Crippen LogP contribution in [0, 0.1) is 0 Å². The van der Waals surface area contributed by atoms with E-state index in [0.29, 0.717) is 43.9 Å². The number of aromatic nitrogens is 1. The van der Waals surface area contributed by atoms with Crippen molar-refractivity contribution in [2.24, 2.45) is 7.05 Å². The standard InChI is InChI=1S/C24H30N4O6S2/c1-26-19-9-8-17(16-22(19)34-24(26)30)36(31,32)25-18(10-15-35-3)23(29)28-13-11-27(12-14-28)20-6-4-5-7-21(20)33-2/h4-9,16,18,25H,10-15H2,1-3H3/t18-/m1/s1. The Balaban J connectivity index is 1.49. The number of aryl methyl sites for hydroxylation is 1. The van der Waals surface area contributed by atoms with Gasteiger partial charge in [0.15, 0.2) is 5.58 Å². The fourth-order valence-corrected chi connectivity index (χ4v) is 5.99. The molecule has 0 radical (unpaired) electrons. The number of carbonyl (C=O) groups excluding carboxylic acids is 1. The molecule has 12 heteroatoms. The van der Waals surface area contributed by atoms with Crippen molar-refractivity contribution in [2.45, 2.75) is 17.4 Å². The minimum Gasteiger partial charge on any atom is -0.495 e. The van der Waals surface area contributed by atoms with Crippen LogP contribution < -0.4 is 20.1 Å². The molecule has 1 aromatic heterocycles. The first kappa shape index (κ1) is 26.1. The van der Waals surface area contributed by atoms with Crippen LogP contribution in [0.4, 0.5) is 5.69 Å². The zero-order valence-electron chi connectivity index (χ0n) is 20.5. The van der Waals surface area contributed by atoms with E-state index in [9.17, 15) is 18.0 Å². The molecular weight excluding hydrogens is 504 g/mol. The smallest absolute Gasteiger partial charge is 0.419 e. The van der Waals surface area contributed by atoms with E-state index in [1.54, 1.807) is 30.8 Å². The van der Waals surface area contributed by atoms with E-state index in [-0.39, 0.29) is 16.4 Å². The minimum absolute atomic E-state index is 0.0627. The molecule has 1 aliphatic rings. The summed E-state index contributed by atoms with van der Waals surface area (Å²) < 4.78 is 40.9. The molecule has 0 aliphatic carbocycles. The second-order valence-corrected chi connectivity index (χ2v) is 11.2. The van der Waals surface area contributed by atoms with Crippen molar-refractivity contribution in [3.63, 3.8) is 0 Å². The molecule has 1 N–H and O–H groups in total. The Kier molecular flexibility index (Phi) is 7.96. The van der Waals surface area contributed by atoms with Gasteiger partial charge in [-0.05, 0) is 42.7 Å². The van der Waals surface area contributed by atoms with Crippen LogP contribution in [0.3, 0.4) is 0 Å². The van der Waals surface area contributed by atoms with E-state index in [4.69, 9.17) is 9.15 Å². The lowest BCUT2D eigenvalue weighted by Gasteiger charge is -2.38. The number of oxazole rings is 1. The zero-order valence-corrected chi connectivity index (χ0v) is 22.1. The van der Waals surface area contributed by atoms with Crippen LogP contribution in [0.5, 0.6) is 5.75 Å². The lowest BCUT2D eigenvalue weighted by Crippen LogP contribution is -2.55. The first-order valence-electron chi connectivity index (χ1n) is 11.5. The number of ether oxygens (including phenoxy) is 1. The topological polar surface area (TPSA) is 114 Å². The molecule has 2 aromatic carbocycles. The predicted molar refractivity (Wildman–Crippen MR) is 140 cm³/mol. The fourth-order valence-electron chi connectivity index (χ4n) is 4.28. The number of piperazine rings is 1. The Morgan fingerprint density at radius 2 is 1.89 bits per heavy atom. The maximum Gasteiger partial charge on any atom is 0.419 e. The summed E-state index contributed by atoms with van der Waals surface area (Å²) in [5.41, 5.74) is 1.63. The van der Waals surface area contributed by atoms with Crippen LogP contribution in [0.25, 0.3) is 11.1 Å². The first-order chi connectivity index (χ1) is 17.2. The third-order valence-corrected chi connectivity index (χ3v) is 8.41. The molecule has 3 aromatic rings. The molecule has 10 nitrogen and oxygen atoms in total. The number of hydrogen-bond donors (Lipinski definition) is 1. The second-order valence-electron chi connectivity index (χ2n) is 8.50. The van der Waals surface area contributed by atoms with Gasteiger partial charge >= 0.3 is 5.76 Å². The van der Waals surface area contributed by atoms with Gasteiger partial charge in [-0.1, -0.05) is 12.1 Å². The lowest BCUT2D eigenvalue weighted by molar-refractivity contribution is -0.133. The number of carbonyl (C=O) groups is 1. The van der Waals surface area contributed by atoms with Crippen molar-refractivity contribution >= 4 is 44.5 Å². The number of rotatable bonds is 9. The van der Waals surface area contributed by atoms with Crippen LogP contribution >= 0.6 is 11.8 Å². The van der Waals surface area contributed by atoms with Gasteiger partial charge in [0.1, 0.15) is 11.8 Å². The molecule has 194 valence electrons. The molecule has 1 aliphatic heterocycles. The summed E-state index contributed by atoms with van der Waals surface area (Å²) in [6, 6.07) is 11.1. The van der Waals surface area contributed by atoms with E-state index < -0.39 is 21.8 Å². The molecular formula is C24H30N4O6S2. The molecule has 0 bridgehead atoms. The number of nitrogens with one attached hydrogen (secondary N) is 1. The number of fused-ring (bicyclic) bond motifs is 1. The van der Waals surface area contributed by atoms with Crippen LogP contribution in [0.1, 0.15) is 6.42 Å². The highest BCUT2D eigenvalue weighted by Gasteiger charge is 2.31. The average molecular weight is 535 g/mol. The van der Waals surface area contributed by atoms with Gasteiger partial charge in [-0.3, -0.25) is 9.36 Å². The monoisotopic (exact) mass is 534 g/mol. The van der Waals surface area contributed by atoms with Crippen molar-refractivity contribution in [2.75, 3.05) is 50.2 Å². The molecule has 1 fully saturated rings. The SMILES string of the molecule is COc1ccccc1N1CCN(C(=O)[C@@H](CCSC)NS(=O)(=O)c2ccc3c(c2)oc(=O)n3C)CC1. The average Bonchev–Trinajstić information content (AvgIpc) is 3.18. The fraction of sp³-hybridized carbons (Fsp3) is 0.417. The Labute approximate surface area is 214 Å². The third-order valence-electron chi connectivity index (χ3n) is 6.30. The largest absolute Gasteiger partial charge is 0.495 e. The first-order valence-corrected chi connectivity index (χ1v) is 14.4. The summed E-state index contributed by atoms with van der Waals surface area (Å²) in [4.78, 5) is 29.0. The molecule has 0 saturated carbocycles. The number of methoxy groups -OCH3 is 1. The summed E-state index contributed by atoms with van der Waals surface area (Å²) in [7, 11) is -0.860. The molecule has 1 atom stereocenters. The van der Waals surface area contributed by atoms with Gasteiger partial charge < -0.3 is 19.0 Å². The minimum atomic E-state index is -4.04. The number of para-hydroxylation sites is 2. The van der Waals surface area contributed by atoms with Gasteiger partial charge in [0.2, 0.25) is 15.9 Å². The second kappa shape index (κ2) is 11.0. The van der Waals surface area contributed by atoms with Gasteiger partial charge in [0.05, 0.1) is 23.2 Å². The van der Waals surface area contributed by atoms with Gasteiger partial charge in [-0.2, -0.15) is 16.5 Å². The quantitative estimate of drug-likeness (QED) is 0.443. The molecule has 0 spiro atoms. The predicted octanol–water partition coefficient (Wildman–Crippen LogP) is 1.89. The van der Waals surface area contributed by atoms with Crippen LogP contribution in [0.15, 0.2) is 56.6 Å². The molecule has 1 amide bonds. The highest BCUT2D eigenvalue weighted by atomic mass is 32.2. The Hall–Kier alpha value is -2.96. The van der Waals surface area contributed by atoms with E-state index >= 15 is 0 Å². The van der Waals surface area contributed by atoms with Crippen molar-refractivity contribution in [3.8, 4) is 5.75 Å². The molecule has 2 heterocycles. The summed E-state index contributed by atoms with van der Waals surface area (Å²) in [5.74, 6) is 0.564.